The van der Waals surface area contributed by atoms with Crippen LogP contribution < -0.4 is 5.32 Å². The Morgan fingerprint density at radius 3 is 3.09 bits per heavy atom. The molecular formula is C9H15NO. The van der Waals surface area contributed by atoms with Crippen molar-refractivity contribution in [3.05, 3.63) is 24.3 Å². The van der Waals surface area contributed by atoms with Crippen LogP contribution in [0.25, 0.3) is 0 Å². The molecule has 11 heavy (non-hydrogen) atoms. The molecule has 1 aliphatic carbocycles. The molecule has 0 fully saturated rings. The summed E-state index contributed by atoms with van der Waals surface area (Å²) in [6, 6.07) is 0.464. The summed E-state index contributed by atoms with van der Waals surface area (Å²) >= 11 is 0. The molecule has 0 aromatic carbocycles. The van der Waals surface area contributed by atoms with Gasteiger partial charge in [0.05, 0.1) is 6.73 Å². The van der Waals surface area contributed by atoms with Gasteiger partial charge >= 0.3 is 0 Å². The van der Waals surface area contributed by atoms with Crippen molar-refractivity contribution in [1.29, 1.82) is 0 Å². The van der Waals surface area contributed by atoms with Crippen LogP contribution in [0.5, 0.6) is 0 Å². The lowest BCUT2D eigenvalue weighted by Crippen LogP contribution is -2.29. The second-order valence-electron chi connectivity index (χ2n) is 2.50. The second kappa shape index (κ2) is 5.10. The van der Waals surface area contributed by atoms with Crippen molar-refractivity contribution in [3.8, 4) is 0 Å². The Morgan fingerprint density at radius 1 is 1.55 bits per heavy atom. The highest BCUT2D eigenvalue weighted by Crippen LogP contribution is 2.01. The third-order valence-electron chi connectivity index (χ3n) is 1.63. The van der Waals surface area contributed by atoms with E-state index in [1.54, 1.807) is 0 Å². The Kier molecular flexibility index (Phi) is 3.94. The second-order valence-corrected chi connectivity index (χ2v) is 2.50. The van der Waals surface area contributed by atoms with E-state index in [0.717, 1.165) is 13.0 Å². The van der Waals surface area contributed by atoms with E-state index in [1.165, 1.54) is 0 Å². The highest BCUT2D eigenvalue weighted by molar-refractivity contribution is 5.13. The number of rotatable bonds is 4. The van der Waals surface area contributed by atoms with Crippen molar-refractivity contribution < 1.29 is 4.74 Å². The zero-order valence-corrected chi connectivity index (χ0v) is 6.92. The minimum atomic E-state index is 0.464. The van der Waals surface area contributed by atoms with Crippen LogP contribution in [-0.4, -0.2) is 19.4 Å². The van der Waals surface area contributed by atoms with Crippen LogP contribution in [0.15, 0.2) is 24.3 Å². The maximum Gasteiger partial charge on any atom is 0.0969 e. The minimum absolute atomic E-state index is 0.464. The Bertz CT molecular complexity index is 152. The van der Waals surface area contributed by atoms with Gasteiger partial charge in [0.15, 0.2) is 0 Å². The molecule has 0 aromatic heterocycles. The Morgan fingerprint density at radius 2 is 2.45 bits per heavy atom. The van der Waals surface area contributed by atoms with Gasteiger partial charge in [-0.25, -0.2) is 0 Å². The van der Waals surface area contributed by atoms with Crippen molar-refractivity contribution >= 4 is 0 Å². The number of nitrogens with one attached hydrogen (secondary N) is 1. The van der Waals surface area contributed by atoms with Crippen LogP contribution in [0.1, 0.15) is 13.3 Å². The molecule has 0 spiro atoms. The van der Waals surface area contributed by atoms with E-state index in [2.05, 4.69) is 29.6 Å². The molecular weight excluding hydrogens is 138 g/mol. The highest BCUT2D eigenvalue weighted by Gasteiger charge is 2.01. The van der Waals surface area contributed by atoms with Crippen molar-refractivity contribution in [2.45, 2.75) is 19.4 Å². The molecule has 0 saturated carbocycles. The van der Waals surface area contributed by atoms with Crippen LogP contribution in [0, 0.1) is 0 Å². The molecule has 62 valence electrons. The lowest BCUT2D eigenvalue weighted by Gasteiger charge is -2.14. The van der Waals surface area contributed by atoms with Gasteiger partial charge in [-0.3, -0.25) is 5.32 Å². The van der Waals surface area contributed by atoms with Gasteiger partial charge in [-0.1, -0.05) is 24.3 Å². The van der Waals surface area contributed by atoms with Crippen LogP contribution in [0.2, 0.25) is 0 Å². The van der Waals surface area contributed by atoms with E-state index < -0.39 is 0 Å². The summed E-state index contributed by atoms with van der Waals surface area (Å²) in [5.41, 5.74) is 0. The molecule has 0 bridgehead atoms. The van der Waals surface area contributed by atoms with E-state index in [0.29, 0.717) is 12.8 Å². The van der Waals surface area contributed by atoms with E-state index in [1.807, 2.05) is 6.92 Å². The molecule has 1 aliphatic rings. The average Bonchev–Trinajstić information content (AvgIpc) is 2.07. The maximum absolute atomic E-state index is 5.17. The van der Waals surface area contributed by atoms with Crippen LogP contribution in [-0.2, 0) is 4.74 Å². The molecule has 2 nitrogen and oxygen atoms in total. The molecule has 1 rings (SSSR count). The van der Waals surface area contributed by atoms with Gasteiger partial charge in [0.2, 0.25) is 0 Å². The Hall–Kier alpha value is -0.600. The first-order valence-electron chi connectivity index (χ1n) is 4.08. The van der Waals surface area contributed by atoms with E-state index in [-0.39, 0.29) is 0 Å². The van der Waals surface area contributed by atoms with Crippen molar-refractivity contribution in [2.75, 3.05) is 13.3 Å². The van der Waals surface area contributed by atoms with E-state index >= 15 is 0 Å². The topological polar surface area (TPSA) is 21.3 Å². The largest absolute Gasteiger partial charge is 0.367 e. The smallest absolute Gasteiger partial charge is 0.0969 e. The molecule has 0 amide bonds. The predicted molar refractivity (Wildman–Crippen MR) is 46.3 cm³/mol. The summed E-state index contributed by atoms with van der Waals surface area (Å²) in [6.07, 6.45) is 9.51. The van der Waals surface area contributed by atoms with Crippen molar-refractivity contribution in [3.63, 3.8) is 0 Å². The van der Waals surface area contributed by atoms with Crippen molar-refractivity contribution in [2.24, 2.45) is 0 Å². The third kappa shape index (κ3) is 3.35. The fourth-order valence-corrected chi connectivity index (χ4v) is 1.000. The molecule has 0 aliphatic heterocycles. The zero-order chi connectivity index (χ0) is 7.94. The molecule has 0 heterocycles. The molecule has 0 radical (unpaired) electrons. The first kappa shape index (κ1) is 8.50. The fourth-order valence-electron chi connectivity index (χ4n) is 1.000. The molecule has 2 heteroatoms. The number of ether oxygens (including phenoxy) is 1. The predicted octanol–water partition coefficient (Wildman–Crippen LogP) is 1.45. The molecule has 1 N–H and O–H groups in total. The number of allylic oxidation sites excluding steroid dienone is 2. The highest BCUT2D eigenvalue weighted by atomic mass is 16.5. The van der Waals surface area contributed by atoms with Gasteiger partial charge in [-0.2, -0.15) is 0 Å². The zero-order valence-electron chi connectivity index (χ0n) is 6.92. The maximum atomic E-state index is 5.17. The lowest BCUT2D eigenvalue weighted by molar-refractivity contribution is 0.124. The average molecular weight is 153 g/mol. The summed E-state index contributed by atoms with van der Waals surface area (Å²) in [5, 5.41) is 3.26. The number of hydrogen-bond acceptors (Lipinski definition) is 2. The molecule has 1 unspecified atom stereocenters. The fraction of sp³-hybridized carbons (Fsp3) is 0.556. The first-order chi connectivity index (χ1) is 5.43. The van der Waals surface area contributed by atoms with Crippen molar-refractivity contribution in [1.82, 2.24) is 5.32 Å². The SMILES string of the molecule is CCOCNC1C=CC=CC1. The minimum Gasteiger partial charge on any atom is -0.367 e. The van der Waals surface area contributed by atoms with Crippen LogP contribution in [0.3, 0.4) is 0 Å². The Balaban J connectivity index is 2.07. The Labute approximate surface area is 67.9 Å². The standard InChI is InChI=1S/C9H15NO/c1-2-11-8-10-9-6-4-3-5-7-9/h3-6,9-10H,2,7-8H2,1H3. The molecule has 0 aromatic rings. The summed E-state index contributed by atoms with van der Waals surface area (Å²) in [6.45, 7) is 3.43. The summed E-state index contributed by atoms with van der Waals surface area (Å²) < 4.78 is 5.17. The summed E-state index contributed by atoms with van der Waals surface area (Å²) in [4.78, 5) is 0. The first-order valence-corrected chi connectivity index (χ1v) is 4.08. The van der Waals surface area contributed by atoms with Crippen LogP contribution >= 0.6 is 0 Å². The van der Waals surface area contributed by atoms with Gasteiger partial charge < -0.3 is 4.74 Å². The van der Waals surface area contributed by atoms with E-state index in [4.69, 9.17) is 4.74 Å². The normalized spacial score (nSPS) is 22.5. The van der Waals surface area contributed by atoms with E-state index in [9.17, 15) is 0 Å². The van der Waals surface area contributed by atoms with Crippen LogP contribution in [0.4, 0.5) is 0 Å². The van der Waals surface area contributed by atoms with Gasteiger partial charge in [0, 0.05) is 12.6 Å². The molecule has 0 saturated heterocycles. The third-order valence-corrected chi connectivity index (χ3v) is 1.63. The summed E-state index contributed by atoms with van der Waals surface area (Å²) in [7, 11) is 0. The summed E-state index contributed by atoms with van der Waals surface area (Å²) in [5.74, 6) is 0. The quantitative estimate of drug-likeness (QED) is 0.487. The van der Waals surface area contributed by atoms with Gasteiger partial charge in [0.25, 0.3) is 0 Å². The number of hydrogen-bond donors (Lipinski definition) is 1. The monoisotopic (exact) mass is 153 g/mol. The van der Waals surface area contributed by atoms with Gasteiger partial charge in [-0.15, -0.1) is 0 Å². The van der Waals surface area contributed by atoms with Gasteiger partial charge in [0.1, 0.15) is 0 Å². The lowest BCUT2D eigenvalue weighted by atomic mass is 10.1. The molecule has 1 atom stereocenters. The van der Waals surface area contributed by atoms with Gasteiger partial charge in [-0.05, 0) is 13.3 Å².